The van der Waals surface area contributed by atoms with Gasteiger partial charge in [-0.3, -0.25) is 4.79 Å². The Balaban J connectivity index is 1.31. The molecule has 4 aliphatic rings. The van der Waals surface area contributed by atoms with Gasteiger partial charge in [0.05, 0.1) is 0 Å². The van der Waals surface area contributed by atoms with Gasteiger partial charge in [0.25, 0.3) is 0 Å². The monoisotopic (exact) mass is 526 g/mol. The van der Waals surface area contributed by atoms with Crippen molar-refractivity contribution in [2.45, 2.75) is 163 Å². The molecule has 2 nitrogen and oxygen atoms in total. The van der Waals surface area contributed by atoms with Crippen molar-refractivity contribution < 1.29 is 9.53 Å². The summed E-state index contributed by atoms with van der Waals surface area (Å²) in [5.74, 6) is 5.34. The van der Waals surface area contributed by atoms with E-state index in [0.29, 0.717) is 17.3 Å². The average molecular weight is 527 g/mol. The minimum atomic E-state index is 0.0522. The smallest absolute Gasteiger partial charge is 0.306 e. The van der Waals surface area contributed by atoms with E-state index in [1.165, 1.54) is 89.9 Å². The van der Waals surface area contributed by atoms with Gasteiger partial charge in [0.15, 0.2) is 0 Å². The molecule has 2 heteroatoms. The van der Waals surface area contributed by atoms with Crippen molar-refractivity contribution >= 4 is 5.97 Å². The van der Waals surface area contributed by atoms with E-state index in [-0.39, 0.29) is 12.1 Å². The van der Waals surface area contributed by atoms with Crippen LogP contribution in [0.4, 0.5) is 0 Å². The van der Waals surface area contributed by atoms with Crippen molar-refractivity contribution in [1.29, 1.82) is 0 Å². The zero-order chi connectivity index (χ0) is 27.3. The Morgan fingerprint density at radius 3 is 2.45 bits per heavy atom. The van der Waals surface area contributed by atoms with Crippen LogP contribution in [0.2, 0.25) is 0 Å². The predicted octanol–water partition coefficient (Wildman–Crippen LogP) is 10.7. The van der Waals surface area contributed by atoms with E-state index in [1.54, 1.807) is 5.57 Å². The summed E-state index contributed by atoms with van der Waals surface area (Å²) in [7, 11) is 0. The Labute approximate surface area is 236 Å². The summed E-state index contributed by atoms with van der Waals surface area (Å²) in [6.45, 7) is 14.9. The largest absolute Gasteiger partial charge is 0.462 e. The molecule has 0 saturated heterocycles. The number of hydrogen-bond acceptors (Lipinski definition) is 2. The molecule has 0 aromatic carbocycles. The number of carbonyl (C=O) groups excluding carboxylic acids is 1. The van der Waals surface area contributed by atoms with Gasteiger partial charge in [-0.05, 0) is 97.7 Å². The first-order valence-corrected chi connectivity index (χ1v) is 17.1. The van der Waals surface area contributed by atoms with E-state index in [2.05, 4.69) is 47.6 Å². The summed E-state index contributed by atoms with van der Waals surface area (Å²) >= 11 is 0. The van der Waals surface area contributed by atoms with Crippen molar-refractivity contribution in [3.63, 3.8) is 0 Å². The van der Waals surface area contributed by atoms with Crippen LogP contribution in [-0.2, 0) is 9.53 Å². The highest BCUT2D eigenvalue weighted by atomic mass is 16.5. The molecule has 0 bridgehead atoms. The molecule has 0 spiro atoms. The van der Waals surface area contributed by atoms with Gasteiger partial charge in [0, 0.05) is 12.8 Å². The van der Waals surface area contributed by atoms with Crippen LogP contribution >= 0.6 is 0 Å². The van der Waals surface area contributed by atoms with Crippen LogP contribution in [0.3, 0.4) is 0 Å². The summed E-state index contributed by atoms with van der Waals surface area (Å²) < 4.78 is 6.04. The van der Waals surface area contributed by atoms with Gasteiger partial charge in [-0.1, -0.05) is 105 Å². The molecular formula is C36H62O2. The van der Waals surface area contributed by atoms with Crippen LogP contribution in [0, 0.1) is 46.3 Å². The number of ether oxygens (including phenoxy) is 1. The maximum atomic E-state index is 12.6. The molecule has 0 amide bonds. The van der Waals surface area contributed by atoms with Gasteiger partial charge in [-0.25, -0.2) is 0 Å². The van der Waals surface area contributed by atoms with Gasteiger partial charge in [0.1, 0.15) is 6.10 Å². The third kappa shape index (κ3) is 6.57. The molecule has 0 aliphatic heterocycles. The molecule has 0 N–H and O–H groups in total. The Kier molecular flexibility index (Phi) is 10.5. The van der Waals surface area contributed by atoms with Crippen LogP contribution in [-0.4, -0.2) is 12.1 Å². The first-order valence-electron chi connectivity index (χ1n) is 17.1. The average Bonchev–Trinajstić information content (AvgIpc) is 3.23. The predicted molar refractivity (Wildman–Crippen MR) is 161 cm³/mol. The van der Waals surface area contributed by atoms with Gasteiger partial charge >= 0.3 is 5.97 Å². The first kappa shape index (κ1) is 30.2. The van der Waals surface area contributed by atoms with Gasteiger partial charge < -0.3 is 4.74 Å². The number of carbonyl (C=O) groups is 1. The molecule has 0 aromatic rings. The summed E-state index contributed by atoms with van der Waals surface area (Å²) in [5, 5.41) is 0. The summed E-state index contributed by atoms with van der Waals surface area (Å²) in [5.41, 5.74) is 2.54. The molecule has 0 heterocycles. The SMILES string of the molecule is CCCCCCCCC(=O)O[C@@H]1CC[C@@]2(C)C(=CC[C@H]3[C@H]4CC[C@H]([C@H](C)CCCC(C)C)[C@@]4(C)CC[C@@H]32)C1. The van der Waals surface area contributed by atoms with Crippen LogP contribution in [0.1, 0.15) is 157 Å². The van der Waals surface area contributed by atoms with Crippen molar-refractivity contribution in [1.82, 2.24) is 0 Å². The number of esters is 1. The topological polar surface area (TPSA) is 26.3 Å². The Bertz CT molecular complexity index is 797. The fourth-order valence-electron chi connectivity index (χ4n) is 10.0. The number of fused-ring (bicyclic) bond motifs is 5. The van der Waals surface area contributed by atoms with Crippen LogP contribution in [0.15, 0.2) is 11.6 Å². The molecule has 3 saturated carbocycles. The lowest BCUT2D eigenvalue weighted by Crippen LogP contribution is -2.51. The first-order chi connectivity index (χ1) is 18.2. The second-order valence-electron chi connectivity index (χ2n) is 15.2. The molecule has 0 aromatic heterocycles. The fraction of sp³-hybridized carbons (Fsp3) is 0.917. The van der Waals surface area contributed by atoms with Crippen molar-refractivity contribution in [2.24, 2.45) is 46.3 Å². The molecule has 38 heavy (non-hydrogen) atoms. The molecule has 3 fully saturated rings. The van der Waals surface area contributed by atoms with E-state index < -0.39 is 0 Å². The molecular weight excluding hydrogens is 464 g/mol. The fourth-order valence-corrected chi connectivity index (χ4v) is 10.0. The number of allylic oxidation sites excluding steroid dienone is 1. The molecule has 4 aliphatic carbocycles. The highest BCUT2D eigenvalue weighted by molar-refractivity contribution is 5.69. The number of rotatable bonds is 13. The van der Waals surface area contributed by atoms with E-state index in [1.807, 2.05) is 0 Å². The lowest BCUT2D eigenvalue weighted by molar-refractivity contribution is -0.151. The molecule has 218 valence electrons. The zero-order valence-electron chi connectivity index (χ0n) is 26.2. The van der Waals surface area contributed by atoms with Gasteiger partial charge in [-0.15, -0.1) is 0 Å². The van der Waals surface area contributed by atoms with E-state index >= 15 is 0 Å². The second kappa shape index (κ2) is 13.2. The van der Waals surface area contributed by atoms with E-state index in [4.69, 9.17) is 4.74 Å². The summed E-state index contributed by atoms with van der Waals surface area (Å²) in [4.78, 5) is 12.6. The third-order valence-corrected chi connectivity index (χ3v) is 12.3. The Morgan fingerprint density at radius 1 is 0.921 bits per heavy atom. The Hall–Kier alpha value is -0.790. The van der Waals surface area contributed by atoms with E-state index in [0.717, 1.165) is 54.8 Å². The lowest BCUT2D eigenvalue weighted by atomic mass is 9.47. The zero-order valence-corrected chi connectivity index (χ0v) is 26.2. The van der Waals surface area contributed by atoms with Crippen molar-refractivity contribution in [2.75, 3.05) is 0 Å². The minimum Gasteiger partial charge on any atom is -0.462 e. The van der Waals surface area contributed by atoms with Gasteiger partial charge in [0.2, 0.25) is 0 Å². The van der Waals surface area contributed by atoms with Gasteiger partial charge in [-0.2, -0.15) is 0 Å². The van der Waals surface area contributed by atoms with Crippen molar-refractivity contribution in [3.05, 3.63) is 11.6 Å². The standard InChI is InChI=1S/C36H62O2/c1-7-8-9-10-11-12-16-34(37)38-29-21-23-35(5)28(25-29)17-18-30-32-20-19-31(27(4)15-13-14-26(2)3)36(32,6)24-22-33(30)35/h17,26-27,29-33H,7-16,18-25H2,1-6H3/t27-,29-,30+,31-,32-,33+,35+,36-/m1/s1. The quantitative estimate of drug-likeness (QED) is 0.135. The van der Waals surface area contributed by atoms with Crippen LogP contribution in [0.25, 0.3) is 0 Å². The minimum absolute atomic E-state index is 0.0522. The molecule has 8 atom stereocenters. The lowest BCUT2D eigenvalue weighted by Gasteiger charge is -2.58. The number of unbranched alkanes of at least 4 members (excludes halogenated alkanes) is 5. The van der Waals surface area contributed by atoms with Crippen LogP contribution < -0.4 is 0 Å². The second-order valence-corrected chi connectivity index (χ2v) is 15.2. The summed E-state index contributed by atoms with van der Waals surface area (Å²) in [6, 6.07) is 0. The highest BCUT2D eigenvalue weighted by Gasteiger charge is 2.59. The van der Waals surface area contributed by atoms with Crippen LogP contribution in [0.5, 0.6) is 0 Å². The van der Waals surface area contributed by atoms with E-state index in [9.17, 15) is 4.79 Å². The maximum Gasteiger partial charge on any atom is 0.306 e. The highest BCUT2D eigenvalue weighted by Crippen LogP contribution is 2.67. The van der Waals surface area contributed by atoms with Crippen molar-refractivity contribution in [3.8, 4) is 0 Å². The molecule has 4 rings (SSSR count). The molecule has 0 radical (unpaired) electrons. The molecule has 0 unspecified atom stereocenters. The normalized spacial score (nSPS) is 37.2. The Morgan fingerprint density at radius 2 is 1.68 bits per heavy atom. The summed E-state index contributed by atoms with van der Waals surface area (Å²) in [6.07, 6.45) is 25.3. The number of hydrogen-bond donors (Lipinski definition) is 0. The third-order valence-electron chi connectivity index (χ3n) is 12.3. The maximum absolute atomic E-state index is 12.6.